The van der Waals surface area contributed by atoms with E-state index in [0.717, 1.165) is 37.4 Å². The number of hydrogen-bond donors (Lipinski definition) is 0. The van der Waals surface area contributed by atoms with Crippen LogP contribution in [0.5, 0.6) is 0 Å². The summed E-state index contributed by atoms with van der Waals surface area (Å²) < 4.78 is 5.63. The number of anilines is 1. The first-order chi connectivity index (χ1) is 8.18. The number of hydrogen-bond acceptors (Lipinski definition) is 3. The van der Waals surface area contributed by atoms with E-state index in [-0.39, 0.29) is 11.9 Å². The van der Waals surface area contributed by atoms with Gasteiger partial charge in [-0.3, -0.25) is 4.79 Å². The Balaban J connectivity index is 2.28. The van der Waals surface area contributed by atoms with Crippen molar-refractivity contribution in [1.82, 2.24) is 0 Å². The zero-order valence-corrected chi connectivity index (χ0v) is 10.5. The Labute approximate surface area is 102 Å². The Morgan fingerprint density at radius 3 is 2.94 bits per heavy atom. The summed E-state index contributed by atoms with van der Waals surface area (Å²) in [6.45, 7) is 6.31. The third-order valence-corrected chi connectivity index (χ3v) is 3.08. The van der Waals surface area contributed by atoms with Crippen molar-refractivity contribution >= 4 is 11.5 Å². The van der Waals surface area contributed by atoms with Crippen LogP contribution in [-0.4, -0.2) is 31.6 Å². The predicted octanol–water partition coefficient (Wildman–Crippen LogP) is 2.50. The largest absolute Gasteiger partial charge is 0.377 e. The van der Waals surface area contributed by atoms with E-state index in [1.807, 2.05) is 24.3 Å². The van der Waals surface area contributed by atoms with Crippen LogP contribution in [0.1, 0.15) is 30.6 Å². The second kappa shape index (κ2) is 5.32. The first-order valence-corrected chi connectivity index (χ1v) is 6.15. The number of para-hydroxylation sites is 1. The van der Waals surface area contributed by atoms with E-state index in [1.165, 1.54) is 0 Å². The maximum Gasteiger partial charge on any atom is 0.161 e. The number of ether oxygens (including phenoxy) is 1. The van der Waals surface area contributed by atoms with E-state index in [4.69, 9.17) is 4.74 Å². The Bertz CT molecular complexity index is 403. The van der Waals surface area contributed by atoms with Gasteiger partial charge in [-0.05, 0) is 32.4 Å². The van der Waals surface area contributed by atoms with E-state index in [1.54, 1.807) is 6.92 Å². The Morgan fingerprint density at radius 2 is 2.18 bits per heavy atom. The molecule has 17 heavy (non-hydrogen) atoms. The van der Waals surface area contributed by atoms with Gasteiger partial charge >= 0.3 is 0 Å². The highest BCUT2D eigenvalue weighted by Crippen LogP contribution is 2.23. The summed E-state index contributed by atoms with van der Waals surface area (Å²) in [4.78, 5) is 13.9. The molecule has 1 aromatic carbocycles. The third kappa shape index (κ3) is 2.86. The number of rotatable bonds is 2. The van der Waals surface area contributed by atoms with E-state index in [0.29, 0.717) is 0 Å². The molecule has 1 aromatic rings. The van der Waals surface area contributed by atoms with Gasteiger partial charge in [0.15, 0.2) is 5.78 Å². The van der Waals surface area contributed by atoms with Crippen LogP contribution < -0.4 is 4.90 Å². The van der Waals surface area contributed by atoms with Crippen molar-refractivity contribution in [3.8, 4) is 0 Å². The zero-order chi connectivity index (χ0) is 12.3. The lowest BCUT2D eigenvalue weighted by molar-refractivity contribution is 0.0820. The minimum absolute atomic E-state index is 0.124. The number of benzene rings is 1. The summed E-state index contributed by atoms with van der Waals surface area (Å²) in [7, 11) is 0. The van der Waals surface area contributed by atoms with Gasteiger partial charge in [-0.15, -0.1) is 0 Å². The van der Waals surface area contributed by atoms with Crippen LogP contribution in [0.15, 0.2) is 24.3 Å². The molecule has 1 aliphatic rings. The molecule has 0 aromatic heterocycles. The van der Waals surface area contributed by atoms with Crippen molar-refractivity contribution in [2.75, 3.05) is 24.6 Å². The Kier molecular flexibility index (Phi) is 3.79. The van der Waals surface area contributed by atoms with Gasteiger partial charge in [0.05, 0.1) is 6.10 Å². The summed E-state index contributed by atoms with van der Waals surface area (Å²) in [5, 5.41) is 0. The maximum absolute atomic E-state index is 11.6. The second-order valence-corrected chi connectivity index (χ2v) is 4.55. The van der Waals surface area contributed by atoms with Gasteiger partial charge in [0.25, 0.3) is 0 Å². The highest BCUT2D eigenvalue weighted by Gasteiger charge is 2.18. The molecule has 2 rings (SSSR count). The number of carbonyl (C=O) groups is 1. The van der Waals surface area contributed by atoms with Crippen molar-refractivity contribution in [3.05, 3.63) is 29.8 Å². The Hall–Kier alpha value is -1.35. The lowest BCUT2D eigenvalue weighted by atomic mass is 10.1. The quantitative estimate of drug-likeness (QED) is 0.735. The minimum atomic E-state index is 0.124. The molecule has 92 valence electrons. The molecule has 1 unspecified atom stereocenters. The predicted molar refractivity (Wildman–Crippen MR) is 68.7 cm³/mol. The van der Waals surface area contributed by atoms with Crippen molar-refractivity contribution in [3.63, 3.8) is 0 Å². The lowest BCUT2D eigenvalue weighted by Crippen LogP contribution is -2.31. The Morgan fingerprint density at radius 1 is 1.41 bits per heavy atom. The average Bonchev–Trinajstić information content (AvgIpc) is 2.54. The highest BCUT2D eigenvalue weighted by molar-refractivity contribution is 5.99. The molecule has 0 saturated carbocycles. The molecule has 0 N–H and O–H groups in total. The summed E-state index contributed by atoms with van der Waals surface area (Å²) >= 11 is 0. The number of Topliss-reactive ketones (excluding diaryl/α,β-unsaturated/α-hetero) is 1. The number of ketones is 1. The fraction of sp³-hybridized carbons (Fsp3) is 0.500. The SMILES string of the molecule is CC(=O)c1ccccc1N1CCCOC(C)C1. The fourth-order valence-corrected chi connectivity index (χ4v) is 2.26. The van der Waals surface area contributed by atoms with Crippen molar-refractivity contribution in [1.29, 1.82) is 0 Å². The number of carbonyl (C=O) groups excluding carboxylic acids is 1. The minimum Gasteiger partial charge on any atom is -0.377 e. The summed E-state index contributed by atoms with van der Waals surface area (Å²) in [5.41, 5.74) is 1.85. The van der Waals surface area contributed by atoms with Crippen LogP contribution in [0, 0.1) is 0 Å². The van der Waals surface area contributed by atoms with Gasteiger partial charge in [0, 0.05) is 30.9 Å². The maximum atomic E-state index is 11.6. The van der Waals surface area contributed by atoms with Crippen molar-refractivity contribution < 1.29 is 9.53 Å². The molecule has 1 aliphatic heterocycles. The second-order valence-electron chi connectivity index (χ2n) is 4.55. The molecule has 0 amide bonds. The van der Waals surface area contributed by atoms with Crippen LogP contribution >= 0.6 is 0 Å². The van der Waals surface area contributed by atoms with E-state index >= 15 is 0 Å². The van der Waals surface area contributed by atoms with Gasteiger partial charge in [-0.2, -0.15) is 0 Å². The molecule has 1 saturated heterocycles. The molecule has 3 heteroatoms. The molecule has 0 aliphatic carbocycles. The van der Waals surface area contributed by atoms with Crippen LogP contribution in [0.3, 0.4) is 0 Å². The van der Waals surface area contributed by atoms with Gasteiger partial charge in [0.2, 0.25) is 0 Å². The molecule has 0 bridgehead atoms. The van der Waals surface area contributed by atoms with Crippen LogP contribution in [0.4, 0.5) is 5.69 Å². The van der Waals surface area contributed by atoms with Crippen LogP contribution in [0.25, 0.3) is 0 Å². The van der Waals surface area contributed by atoms with E-state index < -0.39 is 0 Å². The smallest absolute Gasteiger partial charge is 0.161 e. The molecule has 1 heterocycles. The normalized spacial score (nSPS) is 21.1. The van der Waals surface area contributed by atoms with Gasteiger partial charge < -0.3 is 9.64 Å². The average molecular weight is 233 g/mol. The lowest BCUT2D eigenvalue weighted by Gasteiger charge is -2.26. The molecular weight excluding hydrogens is 214 g/mol. The van der Waals surface area contributed by atoms with Gasteiger partial charge in [0.1, 0.15) is 0 Å². The van der Waals surface area contributed by atoms with Crippen LogP contribution in [0.2, 0.25) is 0 Å². The topological polar surface area (TPSA) is 29.5 Å². The number of nitrogens with zero attached hydrogens (tertiary/aromatic N) is 1. The monoisotopic (exact) mass is 233 g/mol. The highest BCUT2D eigenvalue weighted by atomic mass is 16.5. The molecule has 0 spiro atoms. The summed E-state index contributed by atoms with van der Waals surface area (Å²) in [5.74, 6) is 0.124. The molecule has 1 atom stereocenters. The van der Waals surface area contributed by atoms with Crippen molar-refractivity contribution in [2.45, 2.75) is 26.4 Å². The van der Waals surface area contributed by atoms with E-state index in [2.05, 4.69) is 11.8 Å². The first-order valence-electron chi connectivity index (χ1n) is 6.15. The third-order valence-electron chi connectivity index (χ3n) is 3.08. The van der Waals surface area contributed by atoms with Gasteiger partial charge in [-0.25, -0.2) is 0 Å². The van der Waals surface area contributed by atoms with Crippen molar-refractivity contribution in [2.24, 2.45) is 0 Å². The molecule has 1 fully saturated rings. The molecule has 3 nitrogen and oxygen atoms in total. The molecule has 0 radical (unpaired) electrons. The zero-order valence-electron chi connectivity index (χ0n) is 10.5. The fourth-order valence-electron chi connectivity index (χ4n) is 2.26. The van der Waals surface area contributed by atoms with Gasteiger partial charge in [-0.1, -0.05) is 12.1 Å². The summed E-state index contributed by atoms with van der Waals surface area (Å²) in [6, 6.07) is 7.82. The van der Waals surface area contributed by atoms with E-state index in [9.17, 15) is 4.79 Å². The standard InChI is InChI=1S/C14H19NO2/c1-11-10-15(8-5-9-17-11)14-7-4-3-6-13(14)12(2)16/h3-4,6-7,11H,5,8-10H2,1-2H3. The summed E-state index contributed by atoms with van der Waals surface area (Å²) in [6.07, 6.45) is 1.23. The first kappa shape index (κ1) is 12.1. The molecular formula is C14H19NO2. The van der Waals surface area contributed by atoms with Crippen LogP contribution in [-0.2, 0) is 4.74 Å².